The lowest BCUT2D eigenvalue weighted by molar-refractivity contribution is -0.137. The molecule has 32 heavy (non-hydrogen) atoms. The summed E-state index contributed by atoms with van der Waals surface area (Å²) in [5, 5.41) is 0. The third kappa shape index (κ3) is 3.61. The Bertz CT molecular complexity index is 1200. The number of carbonyl (C=O) groups excluding carboxylic acids is 2. The van der Waals surface area contributed by atoms with Gasteiger partial charge >= 0.3 is 5.69 Å². The van der Waals surface area contributed by atoms with Crippen LogP contribution in [0.1, 0.15) is 37.8 Å². The molecule has 2 aliphatic heterocycles. The number of rotatable bonds is 4. The van der Waals surface area contributed by atoms with E-state index < -0.39 is 0 Å². The fourth-order valence-corrected chi connectivity index (χ4v) is 5.07. The molecule has 2 aromatic carbocycles. The van der Waals surface area contributed by atoms with Gasteiger partial charge in [-0.15, -0.1) is 0 Å². The lowest BCUT2D eigenvalue weighted by Crippen LogP contribution is -2.43. The van der Waals surface area contributed by atoms with E-state index >= 15 is 0 Å². The molecule has 1 N–H and O–H groups in total. The fraction of sp³-hybridized carbons (Fsp3) is 0.400. The fourth-order valence-electron chi connectivity index (χ4n) is 5.07. The second kappa shape index (κ2) is 8.30. The smallest absolute Gasteiger partial charge is 0.326 e. The summed E-state index contributed by atoms with van der Waals surface area (Å²) >= 11 is 0. The summed E-state index contributed by atoms with van der Waals surface area (Å²) in [5.74, 6) is -0.246. The number of carbonyl (C=O) groups is 2. The van der Waals surface area contributed by atoms with Crippen LogP contribution in [-0.4, -0.2) is 45.9 Å². The Morgan fingerprint density at radius 2 is 1.75 bits per heavy atom. The van der Waals surface area contributed by atoms with Gasteiger partial charge in [0.25, 0.3) is 0 Å². The molecule has 0 saturated carbocycles. The van der Waals surface area contributed by atoms with Crippen LogP contribution in [0.3, 0.4) is 0 Å². The van der Waals surface area contributed by atoms with Crippen molar-refractivity contribution in [2.75, 3.05) is 24.5 Å². The molecule has 3 heterocycles. The summed E-state index contributed by atoms with van der Waals surface area (Å²) in [5.41, 5.74) is 3.74. The van der Waals surface area contributed by atoms with Crippen molar-refractivity contribution in [3.8, 4) is 0 Å². The first-order chi connectivity index (χ1) is 15.5. The molecule has 0 spiro atoms. The zero-order valence-electron chi connectivity index (χ0n) is 18.3. The van der Waals surface area contributed by atoms with Gasteiger partial charge in [-0.05, 0) is 49.1 Å². The van der Waals surface area contributed by atoms with Crippen LogP contribution in [0.15, 0.2) is 53.3 Å². The number of H-pyrrole nitrogens is 1. The van der Waals surface area contributed by atoms with Gasteiger partial charge in [-0.2, -0.15) is 0 Å². The van der Waals surface area contributed by atoms with Crippen LogP contribution >= 0.6 is 0 Å². The van der Waals surface area contributed by atoms with Gasteiger partial charge in [0.05, 0.1) is 17.0 Å². The number of nitrogens with one attached hydrogen (secondary N) is 1. The van der Waals surface area contributed by atoms with Crippen LogP contribution in [0, 0.1) is 5.92 Å². The molecule has 7 heteroatoms. The van der Waals surface area contributed by atoms with Gasteiger partial charge in [0, 0.05) is 37.8 Å². The maximum absolute atomic E-state index is 13.2. The third-order valence-electron chi connectivity index (χ3n) is 6.90. The van der Waals surface area contributed by atoms with Gasteiger partial charge in [0.2, 0.25) is 11.8 Å². The van der Waals surface area contributed by atoms with E-state index in [-0.39, 0.29) is 35.9 Å². The lowest BCUT2D eigenvalue weighted by atomic mass is 10.0. The topological polar surface area (TPSA) is 78.4 Å². The van der Waals surface area contributed by atoms with Crippen LogP contribution in [-0.2, 0) is 16.0 Å². The molecule has 2 aliphatic rings. The number of amides is 2. The number of para-hydroxylation sites is 2. The van der Waals surface area contributed by atoms with E-state index in [9.17, 15) is 14.4 Å². The molecule has 1 unspecified atom stereocenters. The van der Waals surface area contributed by atoms with Gasteiger partial charge < -0.3 is 14.8 Å². The summed E-state index contributed by atoms with van der Waals surface area (Å²) in [4.78, 5) is 44.8. The number of aryl methyl sites for hydroxylation is 1. The van der Waals surface area contributed by atoms with Gasteiger partial charge in [-0.3, -0.25) is 14.2 Å². The van der Waals surface area contributed by atoms with E-state index in [0.717, 1.165) is 36.0 Å². The number of nitrogens with zero attached hydrogens (tertiary/aromatic N) is 3. The van der Waals surface area contributed by atoms with Crippen LogP contribution in [0.4, 0.5) is 5.69 Å². The normalized spacial score (nSPS) is 19.8. The third-order valence-corrected chi connectivity index (χ3v) is 6.90. The molecule has 3 aromatic rings. The number of aromatic amines is 1. The minimum Gasteiger partial charge on any atom is -0.342 e. The number of imidazole rings is 1. The summed E-state index contributed by atoms with van der Waals surface area (Å²) in [6.45, 7) is 3.74. The first-order valence-corrected chi connectivity index (χ1v) is 11.4. The highest BCUT2D eigenvalue weighted by Gasteiger charge is 2.38. The van der Waals surface area contributed by atoms with Gasteiger partial charge in [0.15, 0.2) is 0 Å². The predicted octanol–water partition coefficient (Wildman–Crippen LogP) is 3.11. The number of hydrogen-bond donors (Lipinski definition) is 1. The number of hydrogen-bond acceptors (Lipinski definition) is 3. The lowest BCUT2D eigenvalue weighted by Gasteiger charge is -2.34. The average molecular weight is 433 g/mol. The van der Waals surface area contributed by atoms with E-state index in [4.69, 9.17) is 0 Å². The largest absolute Gasteiger partial charge is 0.342 e. The van der Waals surface area contributed by atoms with E-state index in [1.807, 2.05) is 58.0 Å². The number of benzene rings is 2. The molecule has 5 rings (SSSR count). The molecule has 0 bridgehead atoms. The maximum atomic E-state index is 13.2. The van der Waals surface area contributed by atoms with Crippen molar-refractivity contribution in [3.63, 3.8) is 0 Å². The molecule has 1 aromatic heterocycles. The molecule has 2 saturated heterocycles. The first-order valence-electron chi connectivity index (χ1n) is 11.4. The SMILES string of the molecule is CCc1ccc(N2CC(C(=O)N3CCC(n4c(=O)[nH]c5ccccc54)CC3)CC2=O)cc1. The Morgan fingerprint density at radius 1 is 1.03 bits per heavy atom. The highest BCUT2D eigenvalue weighted by Crippen LogP contribution is 2.30. The van der Waals surface area contributed by atoms with Crippen LogP contribution in [0.2, 0.25) is 0 Å². The van der Waals surface area contributed by atoms with Gasteiger partial charge in [-0.25, -0.2) is 4.79 Å². The minimum absolute atomic E-state index is 0.00725. The highest BCUT2D eigenvalue weighted by atomic mass is 16.2. The van der Waals surface area contributed by atoms with Crippen LogP contribution < -0.4 is 10.6 Å². The highest BCUT2D eigenvalue weighted by molar-refractivity contribution is 6.00. The molecule has 0 radical (unpaired) electrons. The van der Waals surface area contributed by atoms with Crippen molar-refractivity contribution in [3.05, 3.63) is 64.6 Å². The number of anilines is 1. The quantitative estimate of drug-likeness (QED) is 0.688. The van der Waals surface area contributed by atoms with Crippen molar-refractivity contribution >= 4 is 28.5 Å². The maximum Gasteiger partial charge on any atom is 0.326 e. The Kier molecular flexibility index (Phi) is 5.33. The molecule has 7 nitrogen and oxygen atoms in total. The number of piperidine rings is 1. The van der Waals surface area contributed by atoms with E-state index in [2.05, 4.69) is 11.9 Å². The zero-order chi connectivity index (χ0) is 22.2. The van der Waals surface area contributed by atoms with E-state index in [0.29, 0.717) is 19.6 Å². The van der Waals surface area contributed by atoms with Crippen molar-refractivity contribution in [1.82, 2.24) is 14.5 Å². The minimum atomic E-state index is -0.305. The number of fused-ring (bicyclic) bond motifs is 1. The molecule has 166 valence electrons. The molecule has 2 amide bonds. The van der Waals surface area contributed by atoms with Gasteiger partial charge in [0.1, 0.15) is 0 Å². The van der Waals surface area contributed by atoms with Gasteiger partial charge in [-0.1, -0.05) is 31.2 Å². The number of likely N-dealkylation sites (tertiary alicyclic amines) is 1. The Balaban J connectivity index is 1.24. The summed E-state index contributed by atoms with van der Waals surface area (Å²) in [7, 11) is 0. The Labute approximate surface area is 186 Å². The summed E-state index contributed by atoms with van der Waals surface area (Å²) < 4.78 is 1.83. The second-order valence-corrected chi connectivity index (χ2v) is 8.80. The summed E-state index contributed by atoms with van der Waals surface area (Å²) in [6.07, 6.45) is 2.68. The Morgan fingerprint density at radius 3 is 2.47 bits per heavy atom. The van der Waals surface area contributed by atoms with Crippen LogP contribution in [0.5, 0.6) is 0 Å². The van der Waals surface area contributed by atoms with E-state index in [1.54, 1.807) is 4.90 Å². The predicted molar refractivity (Wildman–Crippen MR) is 124 cm³/mol. The molecular formula is C25H28N4O3. The Hall–Kier alpha value is -3.35. The first kappa shape index (κ1) is 20.5. The average Bonchev–Trinajstić information content (AvgIpc) is 3.38. The molecule has 0 aliphatic carbocycles. The molecular weight excluding hydrogens is 404 g/mol. The van der Waals surface area contributed by atoms with Crippen molar-refractivity contribution < 1.29 is 9.59 Å². The zero-order valence-corrected chi connectivity index (χ0v) is 18.3. The summed E-state index contributed by atoms with van der Waals surface area (Å²) in [6, 6.07) is 15.8. The van der Waals surface area contributed by atoms with Crippen molar-refractivity contribution in [2.24, 2.45) is 5.92 Å². The molecule has 2 fully saturated rings. The second-order valence-electron chi connectivity index (χ2n) is 8.80. The van der Waals surface area contributed by atoms with Crippen LogP contribution in [0.25, 0.3) is 11.0 Å². The van der Waals surface area contributed by atoms with Crippen molar-refractivity contribution in [1.29, 1.82) is 0 Å². The monoisotopic (exact) mass is 432 g/mol. The van der Waals surface area contributed by atoms with Crippen molar-refractivity contribution in [2.45, 2.75) is 38.6 Å². The standard InChI is InChI=1S/C25H28N4O3/c1-2-17-7-9-19(10-8-17)28-16-18(15-23(28)30)24(31)27-13-11-20(12-14-27)29-22-6-4-3-5-21(22)26-25(29)32/h3-10,18,20H,2,11-16H2,1H3,(H,26,32). The van der Waals surface area contributed by atoms with E-state index in [1.165, 1.54) is 5.56 Å². The molecule has 1 atom stereocenters. The number of aromatic nitrogens is 2.